The Morgan fingerprint density at radius 1 is 1.67 bits per heavy atom. The number of methoxy groups -OCH3 is 1. The van der Waals surface area contributed by atoms with Crippen molar-refractivity contribution >= 4 is 18.0 Å². The fourth-order valence-corrected chi connectivity index (χ4v) is 0.491. The first kappa shape index (κ1) is 10.8. The molecular weight excluding hydrogens is 160 g/mol. The summed E-state index contributed by atoms with van der Waals surface area (Å²) in [5.41, 5.74) is 0. The summed E-state index contributed by atoms with van der Waals surface area (Å²) in [4.78, 5) is 17.7. The van der Waals surface area contributed by atoms with Gasteiger partial charge in [-0.2, -0.15) is 0 Å². The van der Waals surface area contributed by atoms with E-state index in [1.807, 2.05) is 0 Å². The Hall–Kier alpha value is -1.23. The Morgan fingerprint density at radius 2 is 2.25 bits per heavy atom. The standard InChI is InChI=1S/C7H12N2O3/c1-4-8-6(7(10)11)9-5(2)12-3/h4-5H,1-3H3,(H,10,11)/b8-4-,9-6-. The maximum absolute atomic E-state index is 10.4. The molecular formula is C7H12N2O3. The van der Waals surface area contributed by atoms with Crippen LogP contribution in [0.25, 0.3) is 0 Å². The minimum Gasteiger partial charge on any atom is -0.475 e. The maximum atomic E-state index is 10.4. The van der Waals surface area contributed by atoms with Crippen LogP contribution in [0.5, 0.6) is 0 Å². The molecule has 0 aromatic heterocycles. The Kier molecular flexibility index (Phi) is 4.87. The second-order valence-electron chi connectivity index (χ2n) is 1.98. The minimum absolute atomic E-state index is 0.244. The molecule has 0 heterocycles. The van der Waals surface area contributed by atoms with Gasteiger partial charge < -0.3 is 9.84 Å². The van der Waals surface area contributed by atoms with Gasteiger partial charge in [0, 0.05) is 13.3 Å². The molecule has 5 heteroatoms. The number of hydrogen-bond donors (Lipinski definition) is 1. The van der Waals surface area contributed by atoms with Gasteiger partial charge in [-0.15, -0.1) is 0 Å². The molecule has 0 bridgehead atoms. The van der Waals surface area contributed by atoms with Crippen molar-refractivity contribution in [3.8, 4) is 0 Å². The third kappa shape index (κ3) is 3.82. The molecule has 5 nitrogen and oxygen atoms in total. The lowest BCUT2D eigenvalue weighted by Gasteiger charge is -2.02. The van der Waals surface area contributed by atoms with Crippen LogP contribution in [0.2, 0.25) is 0 Å². The summed E-state index contributed by atoms with van der Waals surface area (Å²) in [6, 6.07) is 0. The maximum Gasteiger partial charge on any atom is 0.373 e. The van der Waals surface area contributed by atoms with Crippen LogP contribution in [-0.2, 0) is 9.53 Å². The molecule has 0 fully saturated rings. The fourth-order valence-electron chi connectivity index (χ4n) is 0.491. The van der Waals surface area contributed by atoms with Crippen molar-refractivity contribution in [3.05, 3.63) is 0 Å². The van der Waals surface area contributed by atoms with Crippen molar-refractivity contribution in [2.45, 2.75) is 20.1 Å². The van der Waals surface area contributed by atoms with E-state index >= 15 is 0 Å². The minimum atomic E-state index is -1.16. The van der Waals surface area contributed by atoms with Crippen molar-refractivity contribution in [2.24, 2.45) is 9.98 Å². The monoisotopic (exact) mass is 172 g/mol. The molecule has 0 amide bonds. The molecule has 0 rings (SSSR count). The highest BCUT2D eigenvalue weighted by Crippen LogP contribution is 1.92. The van der Waals surface area contributed by atoms with E-state index in [1.54, 1.807) is 13.8 Å². The van der Waals surface area contributed by atoms with Crippen LogP contribution in [0.4, 0.5) is 0 Å². The lowest BCUT2D eigenvalue weighted by molar-refractivity contribution is -0.129. The number of carboxylic acids is 1. The number of amidine groups is 1. The summed E-state index contributed by atoms with van der Waals surface area (Å²) in [6.07, 6.45) is 0.884. The third-order valence-electron chi connectivity index (χ3n) is 1.09. The Balaban J connectivity index is 4.49. The normalized spacial score (nSPS) is 15.1. The summed E-state index contributed by atoms with van der Waals surface area (Å²) < 4.78 is 4.75. The van der Waals surface area contributed by atoms with Crippen LogP contribution >= 0.6 is 0 Å². The number of carbonyl (C=O) groups is 1. The topological polar surface area (TPSA) is 71.2 Å². The van der Waals surface area contributed by atoms with E-state index in [1.165, 1.54) is 13.3 Å². The zero-order valence-corrected chi connectivity index (χ0v) is 7.31. The van der Waals surface area contributed by atoms with Gasteiger partial charge in [0.15, 0.2) is 0 Å². The van der Waals surface area contributed by atoms with Crippen molar-refractivity contribution in [1.29, 1.82) is 0 Å². The molecule has 0 aliphatic heterocycles. The van der Waals surface area contributed by atoms with Gasteiger partial charge in [0.25, 0.3) is 0 Å². The molecule has 0 saturated carbocycles. The van der Waals surface area contributed by atoms with E-state index in [-0.39, 0.29) is 5.84 Å². The van der Waals surface area contributed by atoms with Gasteiger partial charge in [0.1, 0.15) is 6.23 Å². The second-order valence-corrected chi connectivity index (χ2v) is 1.98. The molecule has 0 aromatic rings. The zero-order chi connectivity index (χ0) is 9.56. The van der Waals surface area contributed by atoms with E-state index < -0.39 is 12.2 Å². The average molecular weight is 172 g/mol. The van der Waals surface area contributed by atoms with E-state index in [0.717, 1.165) is 0 Å². The lowest BCUT2D eigenvalue weighted by atomic mass is 10.5. The van der Waals surface area contributed by atoms with Gasteiger partial charge >= 0.3 is 5.97 Å². The van der Waals surface area contributed by atoms with E-state index in [9.17, 15) is 4.79 Å². The molecule has 0 radical (unpaired) electrons. The van der Waals surface area contributed by atoms with Crippen LogP contribution in [0.15, 0.2) is 9.98 Å². The molecule has 0 saturated heterocycles. The van der Waals surface area contributed by atoms with E-state index in [4.69, 9.17) is 9.84 Å². The van der Waals surface area contributed by atoms with Crippen molar-refractivity contribution in [1.82, 2.24) is 0 Å². The number of aliphatic carboxylic acids is 1. The summed E-state index contributed by atoms with van der Waals surface area (Å²) >= 11 is 0. The van der Waals surface area contributed by atoms with Gasteiger partial charge in [0.05, 0.1) is 0 Å². The highest BCUT2D eigenvalue weighted by Gasteiger charge is 2.07. The molecule has 1 atom stereocenters. The number of nitrogens with zero attached hydrogens (tertiary/aromatic N) is 2. The molecule has 1 N–H and O–H groups in total. The van der Waals surface area contributed by atoms with Gasteiger partial charge in [-0.3, -0.25) is 0 Å². The van der Waals surface area contributed by atoms with Crippen molar-refractivity contribution < 1.29 is 14.6 Å². The van der Waals surface area contributed by atoms with Gasteiger partial charge in [-0.1, -0.05) is 0 Å². The smallest absolute Gasteiger partial charge is 0.373 e. The van der Waals surface area contributed by atoms with Crippen LogP contribution in [0.1, 0.15) is 13.8 Å². The quantitative estimate of drug-likeness (QED) is 0.488. The highest BCUT2D eigenvalue weighted by atomic mass is 16.5. The number of rotatable bonds is 2. The highest BCUT2D eigenvalue weighted by molar-refractivity contribution is 6.36. The second kappa shape index (κ2) is 5.42. The van der Waals surface area contributed by atoms with E-state index in [2.05, 4.69) is 9.98 Å². The average Bonchev–Trinajstić information content (AvgIpc) is 2.03. The Morgan fingerprint density at radius 3 is 2.58 bits per heavy atom. The summed E-state index contributed by atoms with van der Waals surface area (Å²) in [5, 5.41) is 8.55. The van der Waals surface area contributed by atoms with Gasteiger partial charge in [-0.25, -0.2) is 14.8 Å². The van der Waals surface area contributed by atoms with Crippen LogP contribution in [0, 0.1) is 0 Å². The summed E-state index contributed by atoms with van der Waals surface area (Å²) in [7, 11) is 1.45. The fraction of sp³-hybridized carbons (Fsp3) is 0.571. The van der Waals surface area contributed by atoms with Crippen molar-refractivity contribution in [3.63, 3.8) is 0 Å². The first-order valence-corrected chi connectivity index (χ1v) is 3.44. The number of hydrogen-bond acceptors (Lipinski definition) is 3. The van der Waals surface area contributed by atoms with Crippen LogP contribution < -0.4 is 0 Å². The molecule has 12 heavy (non-hydrogen) atoms. The third-order valence-corrected chi connectivity index (χ3v) is 1.09. The molecule has 0 spiro atoms. The predicted octanol–water partition coefficient (Wildman–Crippen LogP) is 0.553. The van der Waals surface area contributed by atoms with Gasteiger partial charge in [-0.05, 0) is 13.8 Å². The Bertz CT molecular complexity index is 211. The van der Waals surface area contributed by atoms with Crippen LogP contribution in [0.3, 0.4) is 0 Å². The van der Waals surface area contributed by atoms with E-state index in [0.29, 0.717) is 0 Å². The number of carboxylic acid groups (broad SMARTS) is 1. The lowest BCUT2D eigenvalue weighted by Crippen LogP contribution is -2.14. The molecule has 0 aliphatic carbocycles. The summed E-state index contributed by atoms with van der Waals surface area (Å²) in [5.74, 6) is -1.40. The number of aliphatic imine (C=N–C) groups is 2. The molecule has 0 aromatic carbocycles. The molecule has 68 valence electrons. The number of ether oxygens (including phenoxy) is 1. The largest absolute Gasteiger partial charge is 0.475 e. The molecule has 0 aliphatic rings. The molecule has 1 unspecified atom stereocenters. The first-order valence-electron chi connectivity index (χ1n) is 3.44. The van der Waals surface area contributed by atoms with Crippen molar-refractivity contribution in [2.75, 3.05) is 7.11 Å². The SMILES string of the molecule is C/C=N\C(=N/C(C)OC)C(=O)O. The predicted molar refractivity (Wildman–Crippen MR) is 45.7 cm³/mol. The first-order chi connectivity index (χ1) is 5.61. The Labute approximate surface area is 70.8 Å². The summed E-state index contributed by atoms with van der Waals surface area (Å²) in [6.45, 7) is 3.25. The van der Waals surface area contributed by atoms with Crippen LogP contribution in [-0.4, -0.2) is 36.5 Å². The van der Waals surface area contributed by atoms with Gasteiger partial charge in [0.2, 0.25) is 5.84 Å². The zero-order valence-electron chi connectivity index (χ0n) is 7.31.